The molecule has 1 aromatic heterocycles. The van der Waals surface area contributed by atoms with Gasteiger partial charge in [0.2, 0.25) is 14.8 Å². The minimum Gasteiger partial charge on any atom is -0.405 e. The van der Waals surface area contributed by atoms with Gasteiger partial charge in [-0.3, -0.25) is 0 Å². The molecular weight excluding hydrogens is 397 g/mol. The third-order valence-electron chi connectivity index (χ3n) is 3.29. The van der Waals surface area contributed by atoms with Gasteiger partial charge < -0.3 is 12.6 Å². The third kappa shape index (κ3) is 6.04. The molecule has 0 N–H and O–H groups in total. The van der Waals surface area contributed by atoms with Gasteiger partial charge >= 0.3 is 5.51 Å². The predicted octanol–water partition coefficient (Wildman–Crippen LogP) is 2.40. The predicted molar refractivity (Wildman–Crippen MR) is 75.7 cm³/mol. The first-order valence-corrected chi connectivity index (χ1v) is 10.2. The fourth-order valence-electron chi connectivity index (χ4n) is 2.29. The lowest BCUT2D eigenvalue weighted by Crippen LogP contribution is -2.42. The Hall–Kier alpha value is -0.670. The quantitative estimate of drug-likeness (QED) is 0.721. The summed E-state index contributed by atoms with van der Waals surface area (Å²) in [4.78, 5) is 0.553. The van der Waals surface area contributed by atoms with Gasteiger partial charge in [0.15, 0.2) is 9.58 Å². The Bertz CT molecular complexity index is 623. The lowest BCUT2D eigenvalue weighted by Gasteiger charge is -2.00. The summed E-state index contributed by atoms with van der Waals surface area (Å²) in [6, 6.07) is 7.15. The number of fused-ring (bicyclic) bond motifs is 1. The maximum atomic E-state index is 13.3. The topological polar surface area (TPSA) is 69.2 Å². The van der Waals surface area contributed by atoms with Crippen LogP contribution in [0.1, 0.15) is 37.1 Å². The van der Waals surface area contributed by atoms with Crippen LogP contribution in [0.15, 0.2) is 24.3 Å². The van der Waals surface area contributed by atoms with Crippen molar-refractivity contribution in [2.45, 2.75) is 45.0 Å². The molecule has 0 aliphatic rings. The van der Waals surface area contributed by atoms with Crippen LogP contribution >= 0.6 is 10.5 Å². The van der Waals surface area contributed by atoms with Crippen LogP contribution in [0.3, 0.4) is 0 Å². The van der Waals surface area contributed by atoms with E-state index in [9.17, 15) is 13.2 Å². The molecule has 0 saturated heterocycles. The normalized spacial score (nSPS) is 12.5. The van der Waals surface area contributed by atoms with Crippen LogP contribution in [0.2, 0.25) is 0 Å². The second-order valence-electron chi connectivity index (χ2n) is 4.88. The number of halogens is 4. The molecule has 1 aromatic carbocycles. The zero-order valence-corrected chi connectivity index (χ0v) is 15.2. The van der Waals surface area contributed by atoms with Gasteiger partial charge in [0.05, 0.1) is 10.5 Å². The van der Waals surface area contributed by atoms with E-state index in [0.29, 0.717) is 16.0 Å². The second-order valence-corrected chi connectivity index (χ2v) is 7.71. The third-order valence-corrected chi connectivity index (χ3v) is 5.41. The molecule has 0 fully saturated rings. The first kappa shape index (κ1) is 20.4. The van der Waals surface area contributed by atoms with E-state index in [1.165, 1.54) is 0 Å². The molecule has 2 rings (SSSR count). The van der Waals surface area contributed by atoms with E-state index in [1.807, 2.05) is 26.0 Å². The molecule has 8 heteroatoms. The van der Waals surface area contributed by atoms with Gasteiger partial charge in [-0.05, 0) is 30.5 Å². The van der Waals surface area contributed by atoms with Gasteiger partial charge in [0.25, 0.3) is 0 Å². The Kier molecular flexibility index (Phi) is 7.96. The van der Waals surface area contributed by atoms with E-state index in [0.717, 1.165) is 30.2 Å². The van der Waals surface area contributed by atoms with Crippen LogP contribution in [0, 0.1) is 14.8 Å². The molecule has 130 valence electrons. The van der Waals surface area contributed by atoms with Crippen LogP contribution in [-0.2, 0) is 18.3 Å². The molecular formula is C15H18BrF3O3S. The zero-order valence-electron chi connectivity index (χ0n) is 12.8. The first-order chi connectivity index (χ1) is 10.7. The fourth-order valence-corrected chi connectivity index (χ4v) is 4.27. The highest BCUT2D eigenvalue weighted by Crippen LogP contribution is 2.51. The second kappa shape index (κ2) is 8.98. The maximum Gasteiger partial charge on any atom is 0.600 e. The van der Waals surface area contributed by atoms with Crippen molar-refractivity contribution < 1.29 is 40.6 Å². The van der Waals surface area contributed by atoms with Crippen molar-refractivity contribution in [1.82, 2.24) is 0 Å². The molecule has 0 aliphatic carbocycles. The van der Waals surface area contributed by atoms with Gasteiger partial charge in [-0.25, -0.2) is 0 Å². The van der Waals surface area contributed by atoms with E-state index >= 15 is 0 Å². The minimum atomic E-state index is -4.15. The maximum absolute atomic E-state index is 13.3. The van der Waals surface area contributed by atoms with Crippen molar-refractivity contribution in [2.75, 3.05) is 0 Å². The zero-order chi connectivity index (χ0) is 17.6. The summed E-state index contributed by atoms with van der Waals surface area (Å²) in [5.74, 6) is 0. The van der Waals surface area contributed by atoms with Crippen LogP contribution in [0.25, 0.3) is 10.1 Å². The Balaban J connectivity index is 0.000000593. The molecule has 0 aliphatic heterocycles. The molecule has 1 unspecified atom stereocenters. The summed E-state index contributed by atoms with van der Waals surface area (Å²) in [7, 11) is -1.71. The van der Waals surface area contributed by atoms with Crippen molar-refractivity contribution in [1.29, 1.82) is 0 Å². The van der Waals surface area contributed by atoms with E-state index in [1.54, 1.807) is 12.1 Å². The lowest BCUT2D eigenvalue weighted by atomic mass is 10.1. The van der Waals surface area contributed by atoms with Gasteiger partial charge in [0.1, 0.15) is 0 Å². The van der Waals surface area contributed by atoms with Crippen molar-refractivity contribution in [3.05, 3.63) is 34.7 Å². The number of alkyl halides is 3. The van der Waals surface area contributed by atoms with Crippen molar-refractivity contribution in [3.63, 3.8) is 0 Å². The van der Waals surface area contributed by atoms with Crippen LogP contribution in [0.4, 0.5) is 13.2 Å². The molecule has 0 spiro atoms. The number of rotatable bonds is 4. The standard InChI is InChI=1S/C15H18F3S.BrO3/c1-3-5-6-13-10-12-9-11(4-2)7-8-14(12)19(13)15(16,17)18;2-1(3)4/h7-10H,3-6H2,1-2H3;/q+1;-1. The summed E-state index contributed by atoms with van der Waals surface area (Å²) < 4.78 is 65.8. The lowest BCUT2D eigenvalue weighted by molar-refractivity contribution is -1.73. The van der Waals surface area contributed by atoms with E-state index < -0.39 is 30.8 Å². The fraction of sp³-hybridized carbons (Fsp3) is 0.467. The molecule has 2 aromatic rings. The average molecular weight is 415 g/mol. The number of benzene rings is 1. The van der Waals surface area contributed by atoms with Crippen LogP contribution in [0.5, 0.6) is 0 Å². The number of hydrogen-bond donors (Lipinski definition) is 0. The Morgan fingerprint density at radius 1 is 1.09 bits per heavy atom. The van der Waals surface area contributed by atoms with Crippen LogP contribution < -0.4 is 12.6 Å². The molecule has 0 saturated carbocycles. The highest BCUT2D eigenvalue weighted by Gasteiger charge is 2.47. The smallest absolute Gasteiger partial charge is 0.405 e. The average Bonchev–Trinajstić information content (AvgIpc) is 2.81. The summed E-state index contributed by atoms with van der Waals surface area (Å²) in [5, 5.41) is 0.770. The largest absolute Gasteiger partial charge is 0.600 e. The summed E-state index contributed by atoms with van der Waals surface area (Å²) in [6.07, 6.45) is 3.14. The summed E-state index contributed by atoms with van der Waals surface area (Å²) in [5.41, 5.74) is -3.06. The number of thiophene rings is 1. The molecule has 0 bridgehead atoms. The van der Waals surface area contributed by atoms with E-state index in [4.69, 9.17) is 12.6 Å². The van der Waals surface area contributed by atoms with Crippen LogP contribution in [-0.4, -0.2) is 0 Å². The van der Waals surface area contributed by atoms with Gasteiger partial charge in [0, 0.05) is 17.9 Å². The van der Waals surface area contributed by atoms with E-state index in [2.05, 4.69) is 0 Å². The van der Waals surface area contributed by atoms with Crippen molar-refractivity contribution in [2.24, 2.45) is 0 Å². The van der Waals surface area contributed by atoms with E-state index in [-0.39, 0.29) is 0 Å². The monoisotopic (exact) mass is 414 g/mol. The molecule has 3 nitrogen and oxygen atoms in total. The Labute approximate surface area is 141 Å². The SMILES string of the molecule is CCCCc1cc2cc(CC)ccc2[s+]1C(F)(F)F.[O-][Br+2]([O-])[O-]. The Morgan fingerprint density at radius 2 is 1.70 bits per heavy atom. The summed E-state index contributed by atoms with van der Waals surface area (Å²) >= 11 is -3.65. The highest BCUT2D eigenvalue weighted by molar-refractivity contribution is 7.38. The number of hydrogen-bond acceptors (Lipinski definition) is 3. The minimum absolute atomic E-state index is 0.454. The van der Waals surface area contributed by atoms with Crippen molar-refractivity contribution >= 4 is 20.6 Å². The molecule has 1 heterocycles. The molecule has 0 radical (unpaired) electrons. The van der Waals surface area contributed by atoms with Gasteiger partial charge in [-0.15, -0.1) is 13.2 Å². The number of aryl methyl sites for hydroxylation is 2. The molecule has 1 atom stereocenters. The van der Waals surface area contributed by atoms with Gasteiger partial charge in [-0.2, -0.15) is 0 Å². The van der Waals surface area contributed by atoms with Gasteiger partial charge in [-0.1, -0.05) is 26.3 Å². The van der Waals surface area contributed by atoms with Crippen molar-refractivity contribution in [3.8, 4) is 0 Å². The summed E-state index contributed by atoms with van der Waals surface area (Å²) in [6.45, 7) is 4.02. The number of unbranched alkanes of at least 4 members (excludes halogenated alkanes) is 1. The molecule has 23 heavy (non-hydrogen) atoms. The first-order valence-electron chi connectivity index (χ1n) is 7.08. The molecule has 0 amide bonds. The Morgan fingerprint density at radius 3 is 2.17 bits per heavy atom. The highest BCUT2D eigenvalue weighted by atomic mass is 80.0.